The number of aromatic nitrogens is 1. The van der Waals surface area contributed by atoms with Gasteiger partial charge in [-0.1, -0.05) is 43.9 Å². The number of amides is 2. The van der Waals surface area contributed by atoms with E-state index in [4.69, 9.17) is 4.74 Å². The number of carbonyl (C=O) groups is 2. The van der Waals surface area contributed by atoms with Gasteiger partial charge in [-0.15, -0.1) is 0 Å². The zero-order chi connectivity index (χ0) is 23.0. The van der Waals surface area contributed by atoms with Gasteiger partial charge in [0.1, 0.15) is 17.0 Å². The van der Waals surface area contributed by atoms with Crippen molar-refractivity contribution in [3.05, 3.63) is 60.3 Å². The summed E-state index contributed by atoms with van der Waals surface area (Å²) in [6.07, 6.45) is 6.70. The summed E-state index contributed by atoms with van der Waals surface area (Å²) in [5.41, 5.74) is 1.21. The Hall–Kier alpha value is -3.28. The summed E-state index contributed by atoms with van der Waals surface area (Å²) in [5.74, 6) is 0.449. The number of hydrogen-bond donors (Lipinski definition) is 1. The Morgan fingerprint density at radius 1 is 1.03 bits per heavy atom. The van der Waals surface area contributed by atoms with Gasteiger partial charge in [0.25, 0.3) is 5.91 Å². The molecule has 172 valence electrons. The van der Waals surface area contributed by atoms with Crippen molar-refractivity contribution in [2.45, 2.75) is 63.6 Å². The van der Waals surface area contributed by atoms with Crippen LogP contribution in [-0.4, -0.2) is 35.1 Å². The fourth-order valence-electron chi connectivity index (χ4n) is 5.35. The predicted octanol–water partition coefficient (Wildman–Crippen LogP) is 4.91. The minimum Gasteiger partial charge on any atom is -0.497 e. The number of rotatable bonds is 4. The molecular weight excluding hydrogens is 414 g/mol. The van der Waals surface area contributed by atoms with Crippen LogP contribution in [0.25, 0.3) is 10.9 Å². The second-order valence-corrected chi connectivity index (χ2v) is 9.45. The lowest BCUT2D eigenvalue weighted by Gasteiger charge is -2.44. The van der Waals surface area contributed by atoms with Gasteiger partial charge in [0.2, 0.25) is 5.91 Å². The average Bonchev–Trinajstić information content (AvgIpc) is 3.00. The highest BCUT2D eigenvalue weighted by Gasteiger charge is 2.49. The Labute approximate surface area is 194 Å². The lowest BCUT2D eigenvalue weighted by atomic mass is 9.92. The third-order valence-electron chi connectivity index (χ3n) is 7.20. The summed E-state index contributed by atoms with van der Waals surface area (Å²) in [6, 6.07) is 17.4. The zero-order valence-electron chi connectivity index (χ0n) is 19.3. The Morgan fingerprint density at radius 3 is 2.42 bits per heavy atom. The molecule has 2 aliphatic rings. The predicted molar refractivity (Wildman–Crippen MR) is 130 cm³/mol. The average molecular weight is 446 g/mol. The molecule has 0 radical (unpaired) electrons. The maximum atomic E-state index is 13.9. The summed E-state index contributed by atoms with van der Waals surface area (Å²) < 4.78 is 7.31. The largest absolute Gasteiger partial charge is 0.497 e. The lowest BCUT2D eigenvalue weighted by molar-refractivity contribution is -0.127. The molecule has 1 aliphatic carbocycles. The second-order valence-electron chi connectivity index (χ2n) is 9.45. The minimum atomic E-state index is -1.06. The normalized spacial score (nSPS) is 21.5. The van der Waals surface area contributed by atoms with E-state index >= 15 is 0 Å². The van der Waals surface area contributed by atoms with Crippen LogP contribution in [0.5, 0.6) is 5.75 Å². The highest BCUT2D eigenvalue weighted by atomic mass is 16.5. The van der Waals surface area contributed by atoms with Gasteiger partial charge in [0, 0.05) is 22.6 Å². The summed E-state index contributed by atoms with van der Waals surface area (Å²) in [4.78, 5) is 29.5. The van der Waals surface area contributed by atoms with Crippen molar-refractivity contribution in [2.75, 3.05) is 12.0 Å². The van der Waals surface area contributed by atoms with Gasteiger partial charge >= 0.3 is 0 Å². The van der Waals surface area contributed by atoms with Crippen molar-refractivity contribution in [3.63, 3.8) is 0 Å². The number of fused-ring (bicyclic) bond motifs is 3. The molecule has 3 aromatic rings. The first kappa shape index (κ1) is 21.6. The molecule has 5 rings (SSSR count). The van der Waals surface area contributed by atoms with Gasteiger partial charge in [-0.3, -0.25) is 14.5 Å². The Bertz CT molecular complexity index is 1180. The van der Waals surface area contributed by atoms with E-state index in [0.717, 1.165) is 36.6 Å². The monoisotopic (exact) mass is 445 g/mol. The van der Waals surface area contributed by atoms with Crippen LogP contribution in [0.4, 0.5) is 5.69 Å². The number of nitrogens with one attached hydrogen (secondary N) is 1. The molecule has 2 aromatic carbocycles. The van der Waals surface area contributed by atoms with E-state index in [9.17, 15) is 9.59 Å². The third kappa shape index (κ3) is 3.77. The van der Waals surface area contributed by atoms with Gasteiger partial charge < -0.3 is 14.6 Å². The fraction of sp³-hybridized carbons (Fsp3) is 0.407. The molecule has 2 amide bonds. The van der Waals surface area contributed by atoms with Gasteiger partial charge in [-0.05, 0) is 56.2 Å². The number of nitrogens with zero attached hydrogens (tertiary/aromatic N) is 2. The lowest BCUT2D eigenvalue weighted by Crippen LogP contribution is -2.65. The summed E-state index contributed by atoms with van der Waals surface area (Å²) in [7, 11) is 1.61. The molecule has 0 unspecified atom stereocenters. The number of benzene rings is 2. The maximum Gasteiger partial charge on any atom is 0.275 e. The topological polar surface area (TPSA) is 63.6 Å². The first-order chi connectivity index (χ1) is 16.0. The summed E-state index contributed by atoms with van der Waals surface area (Å²) >= 11 is 0. The molecule has 0 bridgehead atoms. The molecule has 1 N–H and O–H groups in total. The Morgan fingerprint density at radius 2 is 1.73 bits per heavy atom. The maximum absolute atomic E-state index is 13.9. The Kier molecular flexibility index (Phi) is 5.60. The standard InChI is InChI=1S/C27H31N3O3/c1-27(26(32)28-20-10-5-3-4-6-11-20)18-29-23-12-8-7-9-19(23)17-24(29)25(31)30(27)21-13-15-22(33-2)16-14-21/h7-9,12-17,20H,3-6,10-11,18H2,1-2H3,(H,28,32)/t27-/m0/s1. The van der Waals surface area contributed by atoms with Gasteiger partial charge in [-0.2, -0.15) is 0 Å². The van der Waals surface area contributed by atoms with Crippen molar-refractivity contribution in [1.82, 2.24) is 9.88 Å². The van der Waals surface area contributed by atoms with Crippen LogP contribution in [0.3, 0.4) is 0 Å². The molecule has 1 aromatic heterocycles. The van der Waals surface area contributed by atoms with Crippen LogP contribution in [0.15, 0.2) is 54.6 Å². The number of hydrogen-bond acceptors (Lipinski definition) is 3. The van der Waals surface area contributed by atoms with E-state index < -0.39 is 5.54 Å². The number of carbonyl (C=O) groups excluding carboxylic acids is 2. The smallest absolute Gasteiger partial charge is 0.275 e. The van der Waals surface area contributed by atoms with Crippen LogP contribution in [0.2, 0.25) is 0 Å². The van der Waals surface area contributed by atoms with Crippen LogP contribution >= 0.6 is 0 Å². The van der Waals surface area contributed by atoms with Gasteiger partial charge in [0.05, 0.1) is 13.7 Å². The number of para-hydroxylation sites is 1. The van der Waals surface area contributed by atoms with Crippen LogP contribution in [-0.2, 0) is 11.3 Å². The molecule has 1 atom stereocenters. The number of anilines is 1. The van der Waals surface area contributed by atoms with Gasteiger partial charge in [0.15, 0.2) is 0 Å². The van der Waals surface area contributed by atoms with E-state index in [1.807, 2.05) is 66.1 Å². The molecule has 6 nitrogen and oxygen atoms in total. The Balaban J connectivity index is 1.58. The van der Waals surface area contributed by atoms with Crippen LogP contribution in [0.1, 0.15) is 55.9 Å². The highest BCUT2D eigenvalue weighted by Crippen LogP contribution is 2.36. The highest BCUT2D eigenvalue weighted by molar-refractivity contribution is 6.14. The molecule has 33 heavy (non-hydrogen) atoms. The van der Waals surface area contributed by atoms with E-state index in [1.165, 1.54) is 12.8 Å². The van der Waals surface area contributed by atoms with Gasteiger partial charge in [-0.25, -0.2) is 0 Å². The second kappa shape index (κ2) is 8.58. The fourth-order valence-corrected chi connectivity index (χ4v) is 5.35. The van der Waals surface area contributed by atoms with Crippen LogP contribution in [0, 0.1) is 0 Å². The van der Waals surface area contributed by atoms with Crippen molar-refractivity contribution in [3.8, 4) is 5.75 Å². The van der Waals surface area contributed by atoms with E-state index in [-0.39, 0.29) is 17.9 Å². The molecule has 2 heterocycles. The first-order valence-electron chi connectivity index (χ1n) is 11.9. The van der Waals surface area contributed by atoms with E-state index in [2.05, 4.69) is 5.32 Å². The quantitative estimate of drug-likeness (QED) is 0.581. The molecular formula is C27H31N3O3. The van der Waals surface area contributed by atoms with E-state index in [1.54, 1.807) is 12.0 Å². The van der Waals surface area contributed by atoms with Crippen molar-refractivity contribution < 1.29 is 14.3 Å². The molecule has 0 saturated heterocycles. The number of methoxy groups -OCH3 is 1. The van der Waals surface area contributed by atoms with Crippen molar-refractivity contribution in [2.24, 2.45) is 0 Å². The number of ether oxygens (including phenoxy) is 1. The van der Waals surface area contributed by atoms with E-state index in [0.29, 0.717) is 23.7 Å². The third-order valence-corrected chi connectivity index (χ3v) is 7.20. The molecule has 0 spiro atoms. The minimum absolute atomic E-state index is 0.0954. The molecule has 1 aliphatic heterocycles. The zero-order valence-corrected chi connectivity index (χ0v) is 19.3. The molecule has 1 saturated carbocycles. The van der Waals surface area contributed by atoms with Crippen molar-refractivity contribution >= 4 is 28.4 Å². The molecule has 1 fully saturated rings. The SMILES string of the molecule is COc1ccc(N2C(=O)c3cc4ccccc4n3C[C@@]2(C)C(=O)NC2CCCCCC2)cc1. The van der Waals surface area contributed by atoms with Crippen molar-refractivity contribution in [1.29, 1.82) is 0 Å². The summed E-state index contributed by atoms with van der Waals surface area (Å²) in [5, 5.41) is 4.32. The summed E-state index contributed by atoms with van der Waals surface area (Å²) in [6.45, 7) is 2.28. The first-order valence-corrected chi connectivity index (χ1v) is 11.9. The van der Waals surface area contributed by atoms with Crippen LogP contribution < -0.4 is 15.0 Å². The molecule has 6 heteroatoms.